The Hall–Kier alpha value is -1.06. The second-order valence-corrected chi connectivity index (χ2v) is 4.27. The minimum Gasteiger partial charge on any atom is -0.336 e. The minimum absolute atomic E-state index is 0.314. The fourth-order valence-corrected chi connectivity index (χ4v) is 1.93. The molecule has 1 saturated carbocycles. The first kappa shape index (κ1) is 9.49. The Balaban J connectivity index is 1.92. The lowest BCUT2D eigenvalue weighted by Gasteiger charge is -2.36. The molecule has 14 heavy (non-hydrogen) atoms. The molecule has 2 rings (SSSR count). The van der Waals surface area contributed by atoms with Gasteiger partial charge in [0.25, 0.3) is 0 Å². The normalized spacial score (nSPS) is 24.1. The molecule has 0 aromatic carbocycles. The van der Waals surface area contributed by atoms with E-state index in [4.69, 9.17) is 0 Å². The van der Waals surface area contributed by atoms with Crippen LogP contribution in [0.2, 0.25) is 0 Å². The van der Waals surface area contributed by atoms with Gasteiger partial charge < -0.3 is 9.80 Å². The Labute approximate surface area is 83.9 Å². The van der Waals surface area contributed by atoms with Crippen LogP contribution in [0.3, 0.4) is 0 Å². The summed E-state index contributed by atoms with van der Waals surface area (Å²) in [4.78, 5) is 26.1. The molecule has 2 aliphatic rings. The maximum absolute atomic E-state index is 11.5. The van der Waals surface area contributed by atoms with Gasteiger partial charge in [-0.25, -0.2) is 0 Å². The van der Waals surface area contributed by atoms with Crippen LogP contribution in [0.5, 0.6) is 0 Å². The summed E-state index contributed by atoms with van der Waals surface area (Å²) in [6.45, 7) is 2.17. The molecule has 4 heteroatoms. The molecule has 0 spiro atoms. The Bertz CT molecular complexity index is 261. The van der Waals surface area contributed by atoms with Crippen molar-refractivity contribution < 1.29 is 9.59 Å². The van der Waals surface area contributed by atoms with Gasteiger partial charge in [-0.3, -0.25) is 9.59 Å². The second kappa shape index (κ2) is 3.59. The van der Waals surface area contributed by atoms with Gasteiger partial charge in [0.1, 0.15) is 0 Å². The summed E-state index contributed by atoms with van der Waals surface area (Å²) in [6, 6.07) is 0. The molecule has 1 aliphatic carbocycles. The van der Waals surface area contributed by atoms with Gasteiger partial charge in [-0.2, -0.15) is 0 Å². The molecular formula is C10H16N2O2. The second-order valence-electron chi connectivity index (χ2n) is 4.27. The molecule has 78 valence electrons. The van der Waals surface area contributed by atoms with Crippen LogP contribution in [0.15, 0.2) is 0 Å². The number of piperazine rings is 1. The van der Waals surface area contributed by atoms with E-state index >= 15 is 0 Å². The van der Waals surface area contributed by atoms with Crippen LogP contribution in [-0.2, 0) is 9.59 Å². The van der Waals surface area contributed by atoms with Crippen LogP contribution >= 0.6 is 0 Å². The maximum Gasteiger partial charge on any atom is 0.312 e. The van der Waals surface area contributed by atoms with Crippen molar-refractivity contribution >= 4 is 11.8 Å². The van der Waals surface area contributed by atoms with Crippen molar-refractivity contribution in [2.24, 2.45) is 5.92 Å². The third-order valence-electron chi connectivity index (χ3n) is 3.23. The van der Waals surface area contributed by atoms with E-state index in [1.807, 2.05) is 0 Å². The fraction of sp³-hybridized carbons (Fsp3) is 0.800. The van der Waals surface area contributed by atoms with E-state index in [0.717, 1.165) is 6.54 Å². The molecule has 0 bridgehead atoms. The highest BCUT2D eigenvalue weighted by Crippen LogP contribution is 2.27. The third-order valence-corrected chi connectivity index (χ3v) is 3.23. The number of rotatable bonds is 2. The highest BCUT2D eigenvalue weighted by atomic mass is 16.2. The number of likely N-dealkylation sites (N-methyl/N-ethyl adjacent to an activating group) is 1. The summed E-state index contributed by atoms with van der Waals surface area (Å²) in [5.74, 6) is -0.0172. The predicted molar refractivity (Wildman–Crippen MR) is 51.6 cm³/mol. The van der Waals surface area contributed by atoms with Crippen molar-refractivity contribution in [2.45, 2.75) is 19.3 Å². The van der Waals surface area contributed by atoms with Crippen molar-refractivity contribution in [3.05, 3.63) is 0 Å². The number of carbonyl (C=O) groups excluding carboxylic acids is 2. The van der Waals surface area contributed by atoms with Crippen LogP contribution in [0.4, 0.5) is 0 Å². The lowest BCUT2D eigenvalue weighted by Crippen LogP contribution is -2.54. The Morgan fingerprint density at radius 1 is 1.21 bits per heavy atom. The van der Waals surface area contributed by atoms with E-state index < -0.39 is 0 Å². The number of hydrogen-bond donors (Lipinski definition) is 0. The van der Waals surface area contributed by atoms with E-state index in [9.17, 15) is 9.59 Å². The molecule has 0 aromatic rings. The molecule has 4 nitrogen and oxygen atoms in total. The summed E-state index contributed by atoms with van der Waals surface area (Å²) in [5, 5.41) is 0. The average Bonchev–Trinajstić information content (AvgIpc) is 2.10. The summed E-state index contributed by atoms with van der Waals surface area (Å²) in [5.41, 5.74) is 0. The Morgan fingerprint density at radius 3 is 2.50 bits per heavy atom. The highest BCUT2D eigenvalue weighted by Gasteiger charge is 2.32. The minimum atomic E-state index is -0.351. The Kier molecular flexibility index (Phi) is 2.44. The zero-order chi connectivity index (χ0) is 10.1. The third kappa shape index (κ3) is 1.61. The molecule has 1 aliphatic heterocycles. The van der Waals surface area contributed by atoms with Gasteiger partial charge in [-0.1, -0.05) is 6.42 Å². The van der Waals surface area contributed by atoms with Gasteiger partial charge in [-0.05, 0) is 18.8 Å². The number of amides is 2. The highest BCUT2D eigenvalue weighted by molar-refractivity contribution is 6.35. The van der Waals surface area contributed by atoms with Gasteiger partial charge >= 0.3 is 11.8 Å². The van der Waals surface area contributed by atoms with Crippen molar-refractivity contribution in [3.8, 4) is 0 Å². The molecule has 0 radical (unpaired) electrons. The van der Waals surface area contributed by atoms with E-state index in [1.165, 1.54) is 24.2 Å². The summed E-state index contributed by atoms with van der Waals surface area (Å²) >= 11 is 0. The van der Waals surface area contributed by atoms with Crippen molar-refractivity contribution in [2.75, 3.05) is 26.7 Å². The van der Waals surface area contributed by atoms with Crippen molar-refractivity contribution in [3.63, 3.8) is 0 Å². The molecule has 2 amide bonds. The zero-order valence-electron chi connectivity index (χ0n) is 8.53. The molecule has 1 heterocycles. The summed E-state index contributed by atoms with van der Waals surface area (Å²) in [6.07, 6.45) is 3.71. The maximum atomic E-state index is 11.5. The predicted octanol–water partition coefficient (Wildman–Crippen LogP) is 0.0871. The van der Waals surface area contributed by atoms with Gasteiger partial charge in [0.2, 0.25) is 0 Å². The van der Waals surface area contributed by atoms with Crippen LogP contribution in [-0.4, -0.2) is 48.3 Å². The first-order chi connectivity index (χ1) is 6.68. The monoisotopic (exact) mass is 196 g/mol. The van der Waals surface area contributed by atoms with E-state index in [2.05, 4.69) is 0 Å². The van der Waals surface area contributed by atoms with Crippen LogP contribution in [0.1, 0.15) is 19.3 Å². The number of hydrogen-bond acceptors (Lipinski definition) is 2. The molecule has 2 fully saturated rings. The lowest BCUT2D eigenvalue weighted by molar-refractivity contribution is -0.155. The van der Waals surface area contributed by atoms with Gasteiger partial charge in [-0.15, -0.1) is 0 Å². The SMILES string of the molecule is CN1CCN(CC2CCC2)C(=O)C1=O. The smallest absolute Gasteiger partial charge is 0.312 e. The molecule has 1 saturated heterocycles. The first-order valence-electron chi connectivity index (χ1n) is 5.23. The van der Waals surface area contributed by atoms with Crippen molar-refractivity contribution in [1.29, 1.82) is 0 Å². The van der Waals surface area contributed by atoms with Crippen LogP contribution in [0, 0.1) is 5.92 Å². The number of carbonyl (C=O) groups is 2. The van der Waals surface area contributed by atoms with Crippen LogP contribution in [0.25, 0.3) is 0 Å². The summed E-state index contributed by atoms with van der Waals surface area (Å²) < 4.78 is 0. The van der Waals surface area contributed by atoms with Gasteiger partial charge in [0.05, 0.1) is 0 Å². The topological polar surface area (TPSA) is 40.6 Å². The molecule has 0 aromatic heterocycles. The number of nitrogens with zero attached hydrogens (tertiary/aromatic N) is 2. The fourth-order valence-electron chi connectivity index (χ4n) is 1.93. The average molecular weight is 196 g/mol. The van der Waals surface area contributed by atoms with Gasteiger partial charge in [0, 0.05) is 26.7 Å². The van der Waals surface area contributed by atoms with Crippen LogP contribution < -0.4 is 0 Å². The van der Waals surface area contributed by atoms with Crippen molar-refractivity contribution in [1.82, 2.24) is 9.80 Å². The standard InChI is InChI=1S/C10H16N2O2/c1-11-5-6-12(10(14)9(11)13)7-8-3-2-4-8/h8H,2-7H2,1H3. The molecule has 0 N–H and O–H groups in total. The Morgan fingerprint density at radius 2 is 1.93 bits per heavy atom. The molecule has 0 atom stereocenters. The van der Waals surface area contributed by atoms with E-state index in [1.54, 1.807) is 11.9 Å². The van der Waals surface area contributed by atoms with E-state index in [-0.39, 0.29) is 11.8 Å². The van der Waals surface area contributed by atoms with E-state index in [0.29, 0.717) is 19.0 Å². The zero-order valence-corrected chi connectivity index (χ0v) is 8.53. The quantitative estimate of drug-likeness (QED) is 0.587. The molecular weight excluding hydrogens is 180 g/mol. The summed E-state index contributed by atoms with van der Waals surface area (Å²) in [7, 11) is 1.68. The molecule has 0 unspecified atom stereocenters. The lowest BCUT2D eigenvalue weighted by atomic mass is 9.85. The first-order valence-corrected chi connectivity index (χ1v) is 5.23. The van der Waals surface area contributed by atoms with Gasteiger partial charge in [0.15, 0.2) is 0 Å². The largest absolute Gasteiger partial charge is 0.336 e.